The van der Waals surface area contributed by atoms with Gasteiger partial charge >= 0.3 is 0 Å². The van der Waals surface area contributed by atoms with Crippen molar-refractivity contribution in [3.05, 3.63) is 0 Å². The molecule has 2 rings (SSSR count). The normalized spacial score (nSPS) is 24.9. The van der Waals surface area contributed by atoms with E-state index in [0.29, 0.717) is 18.9 Å². The number of carbonyl (C=O) groups is 2. The van der Waals surface area contributed by atoms with Crippen LogP contribution in [0.2, 0.25) is 0 Å². The molecule has 0 N–H and O–H groups in total. The zero-order chi connectivity index (χ0) is 13.2. The summed E-state index contributed by atoms with van der Waals surface area (Å²) >= 11 is 0. The standard InChI is InChI=1S/C15H25NO2/c1-3-15(4-2)10-13(17)16(14(15)18)11-12-8-6-5-7-9-12/h12H,3-11H2,1-2H3. The zero-order valence-electron chi connectivity index (χ0n) is 11.7. The molecule has 1 saturated carbocycles. The van der Waals surface area contributed by atoms with Gasteiger partial charge in [-0.2, -0.15) is 0 Å². The number of rotatable bonds is 4. The summed E-state index contributed by atoms with van der Waals surface area (Å²) in [6, 6.07) is 0. The van der Waals surface area contributed by atoms with Gasteiger partial charge < -0.3 is 0 Å². The van der Waals surface area contributed by atoms with Gasteiger partial charge in [-0.1, -0.05) is 33.1 Å². The molecular formula is C15H25NO2. The Kier molecular flexibility index (Phi) is 4.08. The van der Waals surface area contributed by atoms with Crippen LogP contribution in [0.15, 0.2) is 0 Å². The monoisotopic (exact) mass is 251 g/mol. The Morgan fingerprint density at radius 2 is 1.72 bits per heavy atom. The molecule has 0 unspecified atom stereocenters. The van der Waals surface area contributed by atoms with Crippen LogP contribution in [-0.4, -0.2) is 23.3 Å². The van der Waals surface area contributed by atoms with Gasteiger partial charge in [0.2, 0.25) is 11.8 Å². The van der Waals surface area contributed by atoms with Crippen LogP contribution < -0.4 is 0 Å². The lowest BCUT2D eigenvalue weighted by Gasteiger charge is -2.28. The highest BCUT2D eigenvalue weighted by molar-refractivity contribution is 6.05. The molecule has 102 valence electrons. The molecule has 1 heterocycles. The van der Waals surface area contributed by atoms with Crippen molar-refractivity contribution in [2.24, 2.45) is 11.3 Å². The molecule has 1 aliphatic carbocycles. The number of hydrogen-bond acceptors (Lipinski definition) is 2. The fourth-order valence-electron chi connectivity index (χ4n) is 3.48. The molecule has 0 bridgehead atoms. The Hall–Kier alpha value is -0.860. The lowest BCUT2D eigenvalue weighted by Crippen LogP contribution is -2.38. The molecule has 2 amide bonds. The van der Waals surface area contributed by atoms with Crippen molar-refractivity contribution in [2.45, 2.75) is 65.2 Å². The van der Waals surface area contributed by atoms with E-state index in [1.807, 2.05) is 13.8 Å². The second-order valence-corrected chi connectivity index (χ2v) is 5.98. The van der Waals surface area contributed by atoms with Crippen molar-refractivity contribution in [2.75, 3.05) is 6.54 Å². The lowest BCUT2D eigenvalue weighted by atomic mass is 9.81. The maximum Gasteiger partial charge on any atom is 0.235 e. The Balaban J connectivity index is 2.04. The Morgan fingerprint density at radius 1 is 1.11 bits per heavy atom. The van der Waals surface area contributed by atoms with Crippen LogP contribution in [0.25, 0.3) is 0 Å². The van der Waals surface area contributed by atoms with E-state index in [0.717, 1.165) is 12.8 Å². The number of amides is 2. The van der Waals surface area contributed by atoms with Crippen molar-refractivity contribution in [1.82, 2.24) is 4.90 Å². The van der Waals surface area contributed by atoms with Crippen LogP contribution in [0.4, 0.5) is 0 Å². The molecule has 2 aliphatic rings. The largest absolute Gasteiger partial charge is 0.282 e. The van der Waals surface area contributed by atoms with Crippen LogP contribution in [0.3, 0.4) is 0 Å². The molecule has 1 aliphatic heterocycles. The molecule has 0 spiro atoms. The number of likely N-dealkylation sites (tertiary alicyclic amines) is 1. The van der Waals surface area contributed by atoms with E-state index < -0.39 is 0 Å². The number of carbonyl (C=O) groups excluding carboxylic acids is 2. The fraction of sp³-hybridized carbons (Fsp3) is 0.867. The molecule has 0 atom stereocenters. The van der Waals surface area contributed by atoms with Crippen molar-refractivity contribution in [3.63, 3.8) is 0 Å². The first-order valence-corrected chi connectivity index (χ1v) is 7.47. The summed E-state index contributed by atoms with van der Waals surface area (Å²) in [5.41, 5.74) is -0.383. The summed E-state index contributed by atoms with van der Waals surface area (Å²) in [4.78, 5) is 26.1. The molecule has 3 heteroatoms. The van der Waals surface area contributed by atoms with Gasteiger partial charge in [-0.15, -0.1) is 0 Å². The summed E-state index contributed by atoms with van der Waals surface area (Å²) in [6.07, 6.45) is 8.20. The van der Waals surface area contributed by atoms with Gasteiger partial charge in [-0.3, -0.25) is 14.5 Å². The number of nitrogens with zero attached hydrogens (tertiary/aromatic N) is 1. The van der Waals surface area contributed by atoms with Crippen molar-refractivity contribution >= 4 is 11.8 Å². The quantitative estimate of drug-likeness (QED) is 0.720. The van der Waals surface area contributed by atoms with Gasteiger partial charge in [-0.05, 0) is 31.6 Å². The van der Waals surface area contributed by atoms with E-state index in [4.69, 9.17) is 0 Å². The second kappa shape index (κ2) is 5.41. The second-order valence-electron chi connectivity index (χ2n) is 5.98. The summed E-state index contributed by atoms with van der Waals surface area (Å²) in [7, 11) is 0. The van der Waals surface area contributed by atoms with E-state index in [9.17, 15) is 9.59 Å². The summed E-state index contributed by atoms with van der Waals surface area (Å²) in [5, 5.41) is 0. The molecule has 0 radical (unpaired) electrons. The Labute approximate surface area is 110 Å². The number of hydrogen-bond donors (Lipinski definition) is 0. The predicted octanol–water partition coefficient (Wildman–Crippen LogP) is 3.13. The minimum atomic E-state index is -0.383. The predicted molar refractivity (Wildman–Crippen MR) is 70.9 cm³/mol. The van der Waals surface area contributed by atoms with Crippen molar-refractivity contribution in [3.8, 4) is 0 Å². The Bertz CT molecular complexity index is 327. The van der Waals surface area contributed by atoms with Gasteiger partial charge in [0.05, 0.1) is 5.41 Å². The van der Waals surface area contributed by atoms with Crippen LogP contribution in [-0.2, 0) is 9.59 Å². The third-order valence-electron chi connectivity index (χ3n) is 5.01. The topological polar surface area (TPSA) is 37.4 Å². The van der Waals surface area contributed by atoms with Crippen LogP contribution >= 0.6 is 0 Å². The van der Waals surface area contributed by atoms with Crippen LogP contribution in [0.5, 0.6) is 0 Å². The maximum atomic E-state index is 12.5. The fourth-order valence-corrected chi connectivity index (χ4v) is 3.48. The molecule has 0 aromatic carbocycles. The first-order valence-electron chi connectivity index (χ1n) is 7.47. The van der Waals surface area contributed by atoms with Gasteiger partial charge in [-0.25, -0.2) is 0 Å². The first-order chi connectivity index (χ1) is 8.63. The summed E-state index contributed by atoms with van der Waals surface area (Å²) in [6.45, 7) is 4.73. The van der Waals surface area contributed by atoms with Crippen LogP contribution in [0, 0.1) is 11.3 Å². The highest BCUT2D eigenvalue weighted by atomic mass is 16.2. The van der Waals surface area contributed by atoms with Crippen molar-refractivity contribution in [1.29, 1.82) is 0 Å². The molecule has 0 aromatic rings. The maximum absolute atomic E-state index is 12.5. The van der Waals surface area contributed by atoms with Crippen LogP contribution in [0.1, 0.15) is 65.2 Å². The van der Waals surface area contributed by atoms with E-state index in [-0.39, 0.29) is 17.2 Å². The molecule has 18 heavy (non-hydrogen) atoms. The highest BCUT2D eigenvalue weighted by Crippen LogP contribution is 2.40. The molecule has 3 nitrogen and oxygen atoms in total. The molecule has 0 aromatic heterocycles. The molecule has 2 fully saturated rings. The highest BCUT2D eigenvalue weighted by Gasteiger charge is 2.49. The van der Waals surface area contributed by atoms with E-state index in [1.54, 1.807) is 4.90 Å². The smallest absolute Gasteiger partial charge is 0.235 e. The van der Waals surface area contributed by atoms with Gasteiger partial charge in [0, 0.05) is 13.0 Å². The Morgan fingerprint density at radius 3 is 2.22 bits per heavy atom. The average molecular weight is 251 g/mol. The van der Waals surface area contributed by atoms with Gasteiger partial charge in [0.15, 0.2) is 0 Å². The summed E-state index contributed by atoms with van der Waals surface area (Å²) in [5.74, 6) is 0.716. The van der Waals surface area contributed by atoms with E-state index >= 15 is 0 Å². The minimum absolute atomic E-state index is 0.0641. The van der Waals surface area contributed by atoms with Gasteiger partial charge in [0.25, 0.3) is 0 Å². The van der Waals surface area contributed by atoms with E-state index in [2.05, 4.69) is 0 Å². The number of imide groups is 1. The summed E-state index contributed by atoms with van der Waals surface area (Å²) < 4.78 is 0. The average Bonchev–Trinajstić information content (AvgIpc) is 2.65. The minimum Gasteiger partial charge on any atom is -0.282 e. The SMILES string of the molecule is CCC1(CC)CC(=O)N(CC2CCCCC2)C1=O. The molecule has 1 saturated heterocycles. The third kappa shape index (κ3) is 2.32. The zero-order valence-corrected chi connectivity index (χ0v) is 11.7. The first kappa shape index (κ1) is 13.6. The van der Waals surface area contributed by atoms with Gasteiger partial charge in [0.1, 0.15) is 0 Å². The third-order valence-corrected chi connectivity index (χ3v) is 5.01. The van der Waals surface area contributed by atoms with E-state index in [1.165, 1.54) is 32.1 Å². The molecular weight excluding hydrogens is 226 g/mol. The van der Waals surface area contributed by atoms with Crippen molar-refractivity contribution < 1.29 is 9.59 Å². The lowest BCUT2D eigenvalue weighted by molar-refractivity contribution is -0.142.